The first-order chi connectivity index (χ1) is 5.09. The molecule has 1 aliphatic heterocycles. The SMILES string of the molecule is C[C@H]1N=C(N(C)C)N=C(N)N1. The Morgan fingerprint density at radius 1 is 1.55 bits per heavy atom. The van der Waals surface area contributed by atoms with Gasteiger partial charge in [-0.05, 0) is 6.92 Å². The van der Waals surface area contributed by atoms with Crippen LogP contribution in [0.2, 0.25) is 0 Å². The zero-order valence-corrected chi connectivity index (χ0v) is 7.00. The summed E-state index contributed by atoms with van der Waals surface area (Å²) in [6, 6.07) is 0. The summed E-state index contributed by atoms with van der Waals surface area (Å²) >= 11 is 0. The van der Waals surface area contributed by atoms with Crippen molar-refractivity contribution >= 4 is 11.9 Å². The van der Waals surface area contributed by atoms with E-state index in [0.29, 0.717) is 11.9 Å². The van der Waals surface area contributed by atoms with E-state index in [1.165, 1.54) is 0 Å². The minimum absolute atomic E-state index is 0.0184. The Balaban J connectivity index is 2.78. The van der Waals surface area contributed by atoms with Crippen LogP contribution >= 0.6 is 0 Å². The van der Waals surface area contributed by atoms with Gasteiger partial charge in [-0.1, -0.05) is 0 Å². The lowest BCUT2D eigenvalue weighted by atomic mass is 10.5. The average molecular weight is 155 g/mol. The number of nitrogens with zero attached hydrogens (tertiary/aromatic N) is 3. The molecule has 1 aliphatic rings. The van der Waals surface area contributed by atoms with Gasteiger partial charge in [0, 0.05) is 14.1 Å². The van der Waals surface area contributed by atoms with Crippen LogP contribution in [0.1, 0.15) is 6.92 Å². The van der Waals surface area contributed by atoms with E-state index >= 15 is 0 Å². The average Bonchev–Trinajstić information content (AvgIpc) is 1.85. The van der Waals surface area contributed by atoms with Crippen molar-refractivity contribution in [3.63, 3.8) is 0 Å². The number of hydrogen-bond donors (Lipinski definition) is 2. The summed E-state index contributed by atoms with van der Waals surface area (Å²) in [5.74, 6) is 1.09. The maximum absolute atomic E-state index is 5.48. The first-order valence-corrected chi connectivity index (χ1v) is 3.45. The summed E-state index contributed by atoms with van der Waals surface area (Å²) in [5.41, 5.74) is 5.48. The molecule has 0 unspecified atom stereocenters. The largest absolute Gasteiger partial charge is 0.370 e. The quantitative estimate of drug-likeness (QED) is 0.479. The summed E-state index contributed by atoms with van der Waals surface area (Å²) in [6.07, 6.45) is 0.0184. The second-order valence-corrected chi connectivity index (χ2v) is 2.64. The third-order valence-corrected chi connectivity index (χ3v) is 1.29. The van der Waals surface area contributed by atoms with Crippen LogP contribution in [0.25, 0.3) is 0 Å². The van der Waals surface area contributed by atoms with Crippen LogP contribution in [0.4, 0.5) is 0 Å². The number of hydrogen-bond acceptors (Lipinski definition) is 5. The highest BCUT2D eigenvalue weighted by molar-refractivity contribution is 5.95. The van der Waals surface area contributed by atoms with Crippen LogP contribution in [0.15, 0.2) is 9.98 Å². The lowest BCUT2D eigenvalue weighted by Gasteiger charge is -2.20. The van der Waals surface area contributed by atoms with Crippen LogP contribution in [0.3, 0.4) is 0 Å². The highest BCUT2D eigenvalue weighted by Gasteiger charge is 2.10. The molecule has 1 atom stereocenters. The van der Waals surface area contributed by atoms with Crippen molar-refractivity contribution in [2.24, 2.45) is 15.7 Å². The highest BCUT2D eigenvalue weighted by Crippen LogP contribution is 1.96. The molecule has 11 heavy (non-hydrogen) atoms. The van der Waals surface area contributed by atoms with Gasteiger partial charge in [-0.2, -0.15) is 4.99 Å². The van der Waals surface area contributed by atoms with E-state index in [1.807, 2.05) is 25.9 Å². The van der Waals surface area contributed by atoms with E-state index in [4.69, 9.17) is 5.73 Å². The monoisotopic (exact) mass is 155 g/mol. The van der Waals surface area contributed by atoms with Crippen molar-refractivity contribution in [3.8, 4) is 0 Å². The molecule has 1 rings (SSSR count). The van der Waals surface area contributed by atoms with E-state index in [1.54, 1.807) is 0 Å². The van der Waals surface area contributed by atoms with Gasteiger partial charge in [0.2, 0.25) is 5.96 Å². The van der Waals surface area contributed by atoms with Gasteiger partial charge in [0.1, 0.15) is 6.17 Å². The molecule has 5 heteroatoms. The molecule has 0 radical (unpaired) electrons. The highest BCUT2D eigenvalue weighted by atomic mass is 15.3. The standard InChI is InChI=1S/C6H13N5/c1-4-8-5(7)10-6(9-4)11(2)3/h4H,1-3H3,(H3,7,8,9,10)/t4-/m1/s1. The van der Waals surface area contributed by atoms with Gasteiger partial charge in [0.15, 0.2) is 5.96 Å². The molecule has 3 N–H and O–H groups in total. The molecule has 0 aromatic heterocycles. The third-order valence-electron chi connectivity index (χ3n) is 1.29. The Labute approximate surface area is 66.0 Å². The molecule has 5 nitrogen and oxygen atoms in total. The summed E-state index contributed by atoms with van der Waals surface area (Å²) in [5, 5.41) is 2.88. The maximum Gasteiger partial charge on any atom is 0.225 e. The van der Waals surface area contributed by atoms with Crippen LogP contribution in [0.5, 0.6) is 0 Å². The van der Waals surface area contributed by atoms with Gasteiger partial charge < -0.3 is 16.0 Å². The van der Waals surface area contributed by atoms with Gasteiger partial charge in [0.05, 0.1) is 0 Å². The van der Waals surface area contributed by atoms with E-state index in [9.17, 15) is 0 Å². The van der Waals surface area contributed by atoms with Crippen LogP contribution in [-0.2, 0) is 0 Å². The topological polar surface area (TPSA) is 66.0 Å². The summed E-state index contributed by atoms with van der Waals surface area (Å²) in [7, 11) is 3.77. The zero-order valence-electron chi connectivity index (χ0n) is 7.00. The van der Waals surface area contributed by atoms with Gasteiger partial charge in [-0.3, -0.25) is 0 Å². The number of aliphatic imine (C=N–C) groups is 2. The van der Waals surface area contributed by atoms with E-state index < -0.39 is 0 Å². The fourth-order valence-corrected chi connectivity index (χ4v) is 0.804. The molecule has 0 aliphatic carbocycles. The second kappa shape index (κ2) is 2.77. The second-order valence-electron chi connectivity index (χ2n) is 2.64. The summed E-state index contributed by atoms with van der Waals surface area (Å²) in [4.78, 5) is 10.0. The van der Waals surface area contributed by atoms with Crippen molar-refractivity contribution in [3.05, 3.63) is 0 Å². The maximum atomic E-state index is 5.48. The van der Waals surface area contributed by atoms with Crippen LogP contribution < -0.4 is 11.1 Å². The van der Waals surface area contributed by atoms with Crippen molar-refractivity contribution in [2.75, 3.05) is 14.1 Å². The van der Waals surface area contributed by atoms with E-state index in [0.717, 1.165) is 0 Å². The molecule has 62 valence electrons. The number of nitrogens with one attached hydrogen (secondary N) is 1. The Hall–Kier alpha value is -1.26. The molecule has 0 bridgehead atoms. The smallest absolute Gasteiger partial charge is 0.225 e. The lowest BCUT2D eigenvalue weighted by Crippen LogP contribution is -2.43. The first-order valence-electron chi connectivity index (χ1n) is 3.45. The van der Waals surface area contributed by atoms with Gasteiger partial charge in [0.25, 0.3) is 0 Å². The minimum atomic E-state index is 0.0184. The summed E-state index contributed by atoms with van der Waals surface area (Å²) < 4.78 is 0. The third kappa shape index (κ3) is 1.83. The Kier molecular flexibility index (Phi) is 1.98. The Morgan fingerprint density at radius 2 is 2.18 bits per heavy atom. The van der Waals surface area contributed by atoms with Crippen LogP contribution in [0, 0.1) is 0 Å². The number of nitrogens with two attached hydrogens (primary N) is 1. The molecule has 0 aromatic rings. The van der Waals surface area contributed by atoms with Crippen molar-refractivity contribution in [2.45, 2.75) is 13.1 Å². The van der Waals surface area contributed by atoms with Crippen molar-refractivity contribution in [1.82, 2.24) is 10.2 Å². The normalized spacial score (nSPS) is 23.4. The predicted octanol–water partition coefficient (Wildman–Crippen LogP) is -0.832. The van der Waals surface area contributed by atoms with Crippen molar-refractivity contribution < 1.29 is 0 Å². The van der Waals surface area contributed by atoms with E-state index in [2.05, 4.69) is 15.3 Å². The fourth-order valence-electron chi connectivity index (χ4n) is 0.804. The predicted molar refractivity (Wildman–Crippen MR) is 45.3 cm³/mol. The summed E-state index contributed by atoms with van der Waals surface area (Å²) in [6.45, 7) is 1.92. The van der Waals surface area contributed by atoms with Gasteiger partial charge >= 0.3 is 0 Å². The molecule has 0 saturated heterocycles. The van der Waals surface area contributed by atoms with E-state index in [-0.39, 0.29) is 6.17 Å². The molecular weight excluding hydrogens is 142 g/mol. The van der Waals surface area contributed by atoms with Gasteiger partial charge in [-0.15, -0.1) is 0 Å². The molecule has 0 aromatic carbocycles. The lowest BCUT2D eigenvalue weighted by molar-refractivity contribution is 0.579. The molecular formula is C6H13N5. The zero-order chi connectivity index (χ0) is 8.43. The number of rotatable bonds is 0. The first kappa shape index (κ1) is 7.84. The Bertz CT molecular complexity index is 205. The molecule has 1 heterocycles. The Morgan fingerprint density at radius 3 is 2.64 bits per heavy atom. The molecule has 0 saturated carbocycles. The minimum Gasteiger partial charge on any atom is -0.370 e. The molecule has 0 spiro atoms. The molecule has 0 amide bonds. The fraction of sp³-hybridized carbons (Fsp3) is 0.667. The van der Waals surface area contributed by atoms with Crippen molar-refractivity contribution in [1.29, 1.82) is 0 Å². The molecule has 0 fully saturated rings. The number of guanidine groups is 2. The van der Waals surface area contributed by atoms with Gasteiger partial charge in [-0.25, -0.2) is 4.99 Å². The van der Waals surface area contributed by atoms with Crippen LogP contribution in [-0.4, -0.2) is 37.1 Å².